The van der Waals surface area contributed by atoms with Crippen molar-refractivity contribution in [2.75, 3.05) is 6.61 Å². The Labute approximate surface area is 273 Å². The van der Waals surface area contributed by atoms with Crippen molar-refractivity contribution in [1.29, 1.82) is 0 Å². The van der Waals surface area contributed by atoms with Crippen molar-refractivity contribution in [2.24, 2.45) is 5.92 Å². The van der Waals surface area contributed by atoms with Gasteiger partial charge in [-0.15, -0.1) is 0 Å². The fraction of sp³-hybridized carbons (Fsp3) is 0.531. The summed E-state index contributed by atoms with van der Waals surface area (Å²) in [5.74, 6) is -2.86. The van der Waals surface area contributed by atoms with Crippen molar-refractivity contribution < 1.29 is 74.4 Å². The third kappa shape index (κ3) is 6.76. The summed E-state index contributed by atoms with van der Waals surface area (Å²) in [5.41, 5.74) is -0.711. The van der Waals surface area contributed by atoms with Crippen LogP contribution >= 0.6 is 0 Å². The minimum absolute atomic E-state index is 0.0471. The molecule has 3 aromatic rings. The predicted molar refractivity (Wildman–Crippen MR) is 163 cm³/mol. The van der Waals surface area contributed by atoms with Gasteiger partial charge in [-0.05, 0) is 37.8 Å². The molecule has 264 valence electrons. The highest BCUT2D eigenvalue weighted by Gasteiger charge is 2.51. The first-order valence-electron chi connectivity index (χ1n) is 15.3. The van der Waals surface area contributed by atoms with Crippen LogP contribution in [0.5, 0.6) is 28.7 Å². The van der Waals surface area contributed by atoms with Gasteiger partial charge in [0.1, 0.15) is 64.9 Å². The second-order valence-corrected chi connectivity index (χ2v) is 12.5. The molecule has 3 heterocycles. The first-order valence-corrected chi connectivity index (χ1v) is 15.3. The molecule has 0 spiro atoms. The average Bonchev–Trinajstić information content (AvgIpc) is 3.03. The van der Waals surface area contributed by atoms with Crippen molar-refractivity contribution in [2.45, 2.75) is 95.0 Å². The van der Waals surface area contributed by atoms with Gasteiger partial charge in [0.2, 0.25) is 6.29 Å². The number of phenols is 4. The quantitative estimate of drug-likeness (QED) is 0.132. The summed E-state index contributed by atoms with van der Waals surface area (Å²) in [7, 11) is 0. The summed E-state index contributed by atoms with van der Waals surface area (Å²) in [6, 6.07) is 4.36. The highest BCUT2D eigenvalue weighted by atomic mass is 16.8. The molecule has 16 nitrogen and oxygen atoms in total. The Morgan fingerprint density at radius 1 is 0.833 bits per heavy atom. The number of hydrogen-bond acceptors (Lipinski definition) is 16. The van der Waals surface area contributed by atoms with Gasteiger partial charge in [0.05, 0.1) is 12.7 Å². The predicted octanol–water partition coefficient (Wildman–Crippen LogP) is -0.0985. The number of hydrogen-bond donors (Lipinski definition) is 10. The molecule has 0 unspecified atom stereocenters. The SMILES string of the molecule is CC(C)CCc1c(-c2cc(O)c(O)c(O)c2)oc2cc(O)cc(O[C@@H]3O[C@H](CO)[C@@H](O)[C@H](O)[C@@H]3O[C@@H]3O[C@H](C)[C@H](O)[C@H](O)[C@@H]3O)c2c1=O. The molecule has 0 aliphatic carbocycles. The van der Waals surface area contributed by atoms with Crippen LogP contribution in [0.4, 0.5) is 0 Å². The Bertz CT molecular complexity index is 1650. The van der Waals surface area contributed by atoms with E-state index in [-0.39, 0.29) is 45.9 Å². The Balaban J connectivity index is 1.61. The fourth-order valence-corrected chi connectivity index (χ4v) is 5.73. The summed E-state index contributed by atoms with van der Waals surface area (Å²) in [5, 5.41) is 103. The lowest BCUT2D eigenvalue weighted by Crippen LogP contribution is -2.64. The molecule has 0 bridgehead atoms. The fourth-order valence-electron chi connectivity index (χ4n) is 5.73. The minimum Gasteiger partial charge on any atom is -0.508 e. The van der Waals surface area contributed by atoms with Crippen LogP contribution < -0.4 is 10.2 Å². The van der Waals surface area contributed by atoms with Crippen LogP contribution in [0, 0.1) is 5.92 Å². The number of aromatic hydroxyl groups is 4. The molecule has 10 atom stereocenters. The van der Waals surface area contributed by atoms with Gasteiger partial charge < -0.3 is 74.4 Å². The molecule has 2 aliphatic heterocycles. The average molecular weight is 681 g/mol. The highest BCUT2D eigenvalue weighted by Crippen LogP contribution is 2.42. The lowest BCUT2D eigenvalue weighted by molar-refractivity contribution is -0.354. The Morgan fingerprint density at radius 2 is 1.50 bits per heavy atom. The number of fused-ring (bicyclic) bond motifs is 1. The summed E-state index contributed by atoms with van der Waals surface area (Å²) in [4.78, 5) is 14.2. The number of aliphatic hydroxyl groups is 6. The maximum Gasteiger partial charge on any atom is 0.229 e. The van der Waals surface area contributed by atoms with Crippen molar-refractivity contribution in [1.82, 2.24) is 0 Å². The van der Waals surface area contributed by atoms with Crippen LogP contribution in [0.3, 0.4) is 0 Å². The molecule has 1 aromatic heterocycles. The van der Waals surface area contributed by atoms with Gasteiger partial charge in [0.25, 0.3) is 0 Å². The summed E-state index contributed by atoms with van der Waals surface area (Å²) in [6.07, 6.45) is -15.5. The number of aliphatic hydroxyl groups excluding tert-OH is 6. The monoisotopic (exact) mass is 680 g/mol. The molecule has 2 saturated heterocycles. The van der Waals surface area contributed by atoms with E-state index >= 15 is 0 Å². The maximum atomic E-state index is 14.2. The van der Waals surface area contributed by atoms with Crippen molar-refractivity contribution in [3.63, 3.8) is 0 Å². The number of benzene rings is 2. The van der Waals surface area contributed by atoms with Crippen LogP contribution in [-0.2, 0) is 20.6 Å². The van der Waals surface area contributed by atoms with Crippen LogP contribution in [0.1, 0.15) is 32.8 Å². The zero-order chi connectivity index (χ0) is 35.2. The van der Waals surface area contributed by atoms with Crippen molar-refractivity contribution in [3.8, 4) is 40.1 Å². The second-order valence-electron chi connectivity index (χ2n) is 12.5. The highest BCUT2D eigenvalue weighted by molar-refractivity contribution is 5.88. The van der Waals surface area contributed by atoms with E-state index in [1.165, 1.54) is 6.92 Å². The first kappa shape index (κ1) is 35.6. The van der Waals surface area contributed by atoms with E-state index in [0.717, 1.165) is 24.3 Å². The van der Waals surface area contributed by atoms with Gasteiger partial charge >= 0.3 is 0 Å². The van der Waals surface area contributed by atoms with E-state index in [2.05, 4.69) is 0 Å². The van der Waals surface area contributed by atoms with Crippen LogP contribution in [-0.4, -0.2) is 119 Å². The van der Waals surface area contributed by atoms with Crippen LogP contribution in [0.25, 0.3) is 22.3 Å². The lowest BCUT2D eigenvalue weighted by Gasteiger charge is -2.45. The molecule has 2 aliphatic rings. The van der Waals surface area contributed by atoms with E-state index in [0.29, 0.717) is 6.42 Å². The normalized spacial score (nSPS) is 31.0. The van der Waals surface area contributed by atoms with E-state index in [9.17, 15) is 55.9 Å². The van der Waals surface area contributed by atoms with Gasteiger partial charge in [-0.2, -0.15) is 0 Å². The molecule has 5 rings (SSSR count). The third-order valence-corrected chi connectivity index (χ3v) is 8.51. The maximum absolute atomic E-state index is 14.2. The molecule has 0 amide bonds. The standard InChI is InChI=1S/C32H40O16/c1-11(2)4-5-15-23(38)21-18(45-29(15)13-6-16(35)24(39)17(36)7-13)8-14(34)9-19(21)46-32-30(27(42)25(40)20(10-33)47-32)48-31-28(43)26(41)22(37)12(3)44-31/h6-9,11-12,20,22,25-28,30-37,39-43H,4-5,10H2,1-3H3/t12-,20-,22+,25-,26+,27+,28+,30+,31+,32-/m1/s1. The zero-order valence-electron chi connectivity index (χ0n) is 26.2. The van der Waals surface area contributed by atoms with E-state index in [1.807, 2.05) is 13.8 Å². The van der Waals surface area contributed by atoms with Gasteiger partial charge in [-0.25, -0.2) is 0 Å². The third-order valence-electron chi connectivity index (χ3n) is 8.51. The molecule has 10 N–H and O–H groups in total. The largest absolute Gasteiger partial charge is 0.508 e. The summed E-state index contributed by atoms with van der Waals surface area (Å²) < 4.78 is 29.0. The summed E-state index contributed by atoms with van der Waals surface area (Å²) in [6.45, 7) is 4.47. The van der Waals surface area contributed by atoms with Gasteiger partial charge in [-0.3, -0.25) is 4.79 Å². The molecule has 0 radical (unpaired) electrons. The van der Waals surface area contributed by atoms with Crippen molar-refractivity contribution in [3.05, 3.63) is 40.1 Å². The number of rotatable bonds is 9. The van der Waals surface area contributed by atoms with Gasteiger partial charge in [-0.1, -0.05) is 13.8 Å². The van der Waals surface area contributed by atoms with Crippen molar-refractivity contribution >= 4 is 11.0 Å². The van der Waals surface area contributed by atoms with Crippen LogP contribution in [0.2, 0.25) is 0 Å². The smallest absolute Gasteiger partial charge is 0.229 e. The van der Waals surface area contributed by atoms with Crippen LogP contribution in [0.15, 0.2) is 33.5 Å². The van der Waals surface area contributed by atoms with E-state index in [1.54, 1.807) is 0 Å². The topological polar surface area (TPSA) is 269 Å². The number of phenolic OH excluding ortho intramolecular Hbond substituents is 4. The number of ether oxygens (including phenoxy) is 4. The molecule has 48 heavy (non-hydrogen) atoms. The lowest BCUT2D eigenvalue weighted by atomic mass is 9.96. The van der Waals surface area contributed by atoms with Gasteiger partial charge in [0, 0.05) is 23.3 Å². The molecule has 16 heteroatoms. The summed E-state index contributed by atoms with van der Waals surface area (Å²) >= 11 is 0. The Morgan fingerprint density at radius 3 is 2.12 bits per heavy atom. The molecular weight excluding hydrogens is 640 g/mol. The van der Waals surface area contributed by atoms with Gasteiger partial charge in [0.15, 0.2) is 35.1 Å². The van der Waals surface area contributed by atoms with E-state index in [4.69, 9.17) is 23.4 Å². The first-order chi connectivity index (χ1) is 22.6. The molecule has 0 saturated carbocycles. The molecule has 2 aromatic carbocycles. The molecular formula is C32H40O16. The van der Waals surface area contributed by atoms with E-state index < -0.39 is 96.4 Å². The Kier molecular flexibility index (Phi) is 10.4. The Hall–Kier alpha value is -3.71. The molecule has 2 fully saturated rings. The minimum atomic E-state index is -1.85. The zero-order valence-corrected chi connectivity index (χ0v) is 26.2. The second kappa shape index (κ2) is 14.0.